The van der Waals surface area contributed by atoms with E-state index in [9.17, 15) is 19.0 Å². The number of unbranched alkanes of at least 4 members (excludes halogenated alkanes) is 17. The van der Waals surface area contributed by atoms with Gasteiger partial charge in [0.05, 0.1) is 27.7 Å². The molecule has 0 spiro atoms. The topological polar surface area (TPSA) is 111 Å². The van der Waals surface area contributed by atoms with E-state index in [1.807, 2.05) is 21.1 Å². The standard InChI is InChI=1S/C66H110NO8P/c1-6-8-10-12-14-16-18-20-22-24-26-28-29-30-31-32-33-34-35-36-37-39-41-43-45-47-49-51-53-55-57-59-66(69)75-64(63-74-76(70,71)73-61-60-67(3,4)5)62-72-65(68)58-56-54-52-50-48-46-44-42-40-38-27-25-23-21-19-17-15-13-11-9-7-2/h8,10,14,16,19-22,25-28,30-31,33-34,36-37,40-43,64H,6-7,9,11-13,15,17-18,23-24,29,32,35,38-39,44-63H2,1-5H3/b10-8-,16-14-,21-19-,22-20-,27-25-,28-26-,31-30-,34-33-,37-36-,42-40-,43-41-. The molecular formula is C66H110NO8P. The highest BCUT2D eigenvalue weighted by Crippen LogP contribution is 2.38. The van der Waals surface area contributed by atoms with Crippen molar-refractivity contribution >= 4 is 19.8 Å². The molecule has 0 fully saturated rings. The molecule has 0 aromatic heterocycles. The van der Waals surface area contributed by atoms with E-state index in [1.165, 1.54) is 38.5 Å². The van der Waals surface area contributed by atoms with Crippen LogP contribution in [0.1, 0.15) is 219 Å². The zero-order valence-electron chi connectivity index (χ0n) is 48.9. The van der Waals surface area contributed by atoms with Gasteiger partial charge in [-0.1, -0.05) is 225 Å². The zero-order chi connectivity index (χ0) is 55.6. The first-order valence-electron chi connectivity index (χ1n) is 29.9. The summed E-state index contributed by atoms with van der Waals surface area (Å²) in [4.78, 5) is 37.9. The average Bonchev–Trinajstić information content (AvgIpc) is 3.38. The number of allylic oxidation sites excluding steroid dienone is 22. The Balaban J connectivity index is 4.27. The van der Waals surface area contributed by atoms with Gasteiger partial charge in [-0.15, -0.1) is 0 Å². The molecule has 0 aliphatic rings. The number of carbonyl (C=O) groups excluding carboxylic acids is 2. The second kappa shape index (κ2) is 55.9. The Labute approximate surface area is 466 Å². The van der Waals surface area contributed by atoms with Crippen molar-refractivity contribution in [3.05, 3.63) is 134 Å². The molecule has 0 aliphatic carbocycles. The van der Waals surface area contributed by atoms with Crippen molar-refractivity contribution in [1.82, 2.24) is 0 Å². The van der Waals surface area contributed by atoms with Crippen molar-refractivity contribution in [3.63, 3.8) is 0 Å². The van der Waals surface area contributed by atoms with Gasteiger partial charge >= 0.3 is 11.9 Å². The second-order valence-electron chi connectivity index (χ2n) is 20.6. The van der Waals surface area contributed by atoms with Crippen molar-refractivity contribution in [2.24, 2.45) is 0 Å². The molecule has 0 N–H and O–H groups in total. The summed E-state index contributed by atoms with van der Waals surface area (Å²) in [6, 6.07) is 0. The SMILES string of the molecule is CC/C=C\C/C=C\C/C=C\C/C=C\C/C=C\C/C=C\C/C=C\C/C=C\CCCCCCCCC(=O)OC(COC(=O)CCCCCCCC/C=C\C/C=C\C/C=C\CCCCCCC)COP(=O)([O-])OCC[N+](C)(C)C. The maximum Gasteiger partial charge on any atom is 0.306 e. The predicted octanol–water partition coefficient (Wildman–Crippen LogP) is 18.3. The summed E-state index contributed by atoms with van der Waals surface area (Å²) < 4.78 is 34.1. The summed E-state index contributed by atoms with van der Waals surface area (Å²) in [7, 11) is 1.13. The number of ether oxygens (including phenoxy) is 2. The lowest BCUT2D eigenvalue weighted by Gasteiger charge is -2.28. The van der Waals surface area contributed by atoms with E-state index in [0.29, 0.717) is 23.9 Å². The van der Waals surface area contributed by atoms with Gasteiger partial charge in [-0.05, 0) is 116 Å². The molecule has 0 amide bonds. The van der Waals surface area contributed by atoms with Crippen LogP contribution in [-0.2, 0) is 32.7 Å². The van der Waals surface area contributed by atoms with E-state index in [0.717, 1.165) is 141 Å². The van der Waals surface area contributed by atoms with Crippen LogP contribution in [0.2, 0.25) is 0 Å². The lowest BCUT2D eigenvalue weighted by Crippen LogP contribution is -2.37. The average molecular weight is 1080 g/mol. The maximum absolute atomic E-state index is 12.8. The van der Waals surface area contributed by atoms with Crippen molar-refractivity contribution in [2.45, 2.75) is 225 Å². The molecule has 0 aliphatic heterocycles. The Kier molecular flexibility index (Phi) is 53.1. The van der Waals surface area contributed by atoms with Crippen LogP contribution in [0.15, 0.2) is 134 Å². The number of hydrogen-bond acceptors (Lipinski definition) is 8. The van der Waals surface area contributed by atoms with Crippen LogP contribution in [0.25, 0.3) is 0 Å². The van der Waals surface area contributed by atoms with E-state index in [4.69, 9.17) is 18.5 Å². The van der Waals surface area contributed by atoms with Gasteiger partial charge in [0, 0.05) is 12.8 Å². The first-order valence-corrected chi connectivity index (χ1v) is 31.4. The molecule has 0 rings (SSSR count). The van der Waals surface area contributed by atoms with Crippen LogP contribution in [0.5, 0.6) is 0 Å². The van der Waals surface area contributed by atoms with Crippen LogP contribution >= 0.6 is 7.82 Å². The fraction of sp³-hybridized carbons (Fsp3) is 0.636. The van der Waals surface area contributed by atoms with E-state index < -0.39 is 32.5 Å². The third kappa shape index (κ3) is 59.4. The van der Waals surface area contributed by atoms with Crippen molar-refractivity contribution < 1.29 is 42.1 Å². The first kappa shape index (κ1) is 72.2. The van der Waals surface area contributed by atoms with Crippen LogP contribution in [0, 0.1) is 0 Å². The molecule has 0 saturated heterocycles. The minimum absolute atomic E-state index is 0.0441. The molecule has 0 aromatic rings. The third-order valence-electron chi connectivity index (χ3n) is 12.2. The third-order valence-corrected chi connectivity index (χ3v) is 13.1. The second-order valence-corrected chi connectivity index (χ2v) is 22.0. The Morgan fingerprint density at radius 1 is 0.421 bits per heavy atom. The molecule has 2 atom stereocenters. The summed E-state index contributed by atoms with van der Waals surface area (Å²) in [5, 5.41) is 0. The van der Waals surface area contributed by atoms with Gasteiger partial charge in [0.25, 0.3) is 7.82 Å². The summed E-state index contributed by atoms with van der Waals surface area (Å²) >= 11 is 0. The van der Waals surface area contributed by atoms with Crippen LogP contribution in [-0.4, -0.2) is 70.0 Å². The molecule has 0 aromatic carbocycles. The van der Waals surface area contributed by atoms with E-state index in [2.05, 4.69) is 148 Å². The number of rotatable bonds is 53. The predicted molar refractivity (Wildman–Crippen MR) is 323 cm³/mol. The van der Waals surface area contributed by atoms with Crippen LogP contribution < -0.4 is 4.89 Å². The highest BCUT2D eigenvalue weighted by molar-refractivity contribution is 7.45. The lowest BCUT2D eigenvalue weighted by atomic mass is 10.1. The number of phosphoric acid groups is 1. The normalized spacial score (nSPS) is 14.2. The van der Waals surface area contributed by atoms with Crippen LogP contribution in [0.4, 0.5) is 0 Å². The summed E-state index contributed by atoms with van der Waals surface area (Å²) in [5.41, 5.74) is 0. The quantitative estimate of drug-likeness (QED) is 0.0195. The number of carbonyl (C=O) groups is 2. The molecule has 2 unspecified atom stereocenters. The van der Waals surface area contributed by atoms with Gasteiger partial charge in [0.1, 0.15) is 19.8 Å². The fourth-order valence-electron chi connectivity index (χ4n) is 7.56. The summed E-state index contributed by atoms with van der Waals surface area (Å²) in [6.07, 6.45) is 80.6. The summed E-state index contributed by atoms with van der Waals surface area (Å²) in [5.74, 6) is -0.874. The highest BCUT2D eigenvalue weighted by Gasteiger charge is 2.21. The Morgan fingerprint density at radius 2 is 0.750 bits per heavy atom. The van der Waals surface area contributed by atoms with E-state index in [-0.39, 0.29) is 26.1 Å². The number of esters is 2. The number of quaternary nitrogens is 1. The van der Waals surface area contributed by atoms with Crippen LogP contribution in [0.3, 0.4) is 0 Å². The zero-order valence-corrected chi connectivity index (χ0v) is 49.8. The molecule has 76 heavy (non-hydrogen) atoms. The van der Waals surface area contributed by atoms with Gasteiger partial charge in [-0.3, -0.25) is 14.2 Å². The molecule has 10 heteroatoms. The number of hydrogen-bond donors (Lipinski definition) is 0. The lowest BCUT2D eigenvalue weighted by molar-refractivity contribution is -0.870. The number of nitrogens with zero attached hydrogens (tertiary/aromatic N) is 1. The highest BCUT2D eigenvalue weighted by atomic mass is 31.2. The number of likely N-dealkylation sites (N-methyl/N-ethyl adjacent to an activating group) is 1. The minimum Gasteiger partial charge on any atom is -0.756 e. The fourth-order valence-corrected chi connectivity index (χ4v) is 8.29. The van der Waals surface area contributed by atoms with Gasteiger partial charge in [0.2, 0.25) is 0 Å². The largest absolute Gasteiger partial charge is 0.756 e. The monoisotopic (exact) mass is 1080 g/mol. The number of phosphoric ester groups is 1. The Bertz CT molecular complexity index is 1740. The molecular weight excluding hydrogens is 966 g/mol. The van der Waals surface area contributed by atoms with E-state index >= 15 is 0 Å². The van der Waals surface area contributed by atoms with Gasteiger partial charge in [-0.25, -0.2) is 0 Å². The molecule has 9 nitrogen and oxygen atoms in total. The Morgan fingerprint density at radius 3 is 1.12 bits per heavy atom. The van der Waals surface area contributed by atoms with Gasteiger partial charge in [-0.2, -0.15) is 0 Å². The minimum atomic E-state index is -4.65. The van der Waals surface area contributed by atoms with Crippen molar-refractivity contribution in [2.75, 3.05) is 47.5 Å². The summed E-state index contributed by atoms with van der Waals surface area (Å²) in [6.45, 7) is 4.06. The first-order chi connectivity index (χ1) is 37.0. The maximum atomic E-state index is 12.8. The van der Waals surface area contributed by atoms with E-state index in [1.54, 1.807) is 0 Å². The molecule has 0 heterocycles. The smallest absolute Gasteiger partial charge is 0.306 e. The van der Waals surface area contributed by atoms with Crippen molar-refractivity contribution in [3.8, 4) is 0 Å². The molecule has 432 valence electrons. The Hall–Kier alpha value is -3.85. The molecule has 0 bridgehead atoms. The van der Waals surface area contributed by atoms with Gasteiger partial charge < -0.3 is 27.9 Å². The molecule has 0 radical (unpaired) electrons. The molecule has 0 saturated carbocycles. The van der Waals surface area contributed by atoms with Gasteiger partial charge in [0.15, 0.2) is 6.10 Å². The van der Waals surface area contributed by atoms with Crippen molar-refractivity contribution in [1.29, 1.82) is 0 Å².